The van der Waals surface area contributed by atoms with Gasteiger partial charge in [0.05, 0.1) is 5.69 Å². The molecule has 1 aromatic heterocycles. The highest BCUT2D eigenvalue weighted by molar-refractivity contribution is 5.00. The number of nitrogens with zero attached hydrogens (tertiary/aromatic N) is 3. The van der Waals surface area contributed by atoms with Gasteiger partial charge in [0, 0.05) is 25.8 Å². The summed E-state index contributed by atoms with van der Waals surface area (Å²) in [6, 6.07) is 3.74. The number of hydrogen-bond donors (Lipinski definition) is 0. The molecule has 64 valence electrons. The highest BCUT2D eigenvalue weighted by atomic mass is 19.1. The van der Waals surface area contributed by atoms with Crippen molar-refractivity contribution < 1.29 is 4.39 Å². The van der Waals surface area contributed by atoms with Crippen LogP contribution in [0.5, 0.6) is 0 Å². The highest BCUT2D eigenvalue weighted by Crippen LogP contribution is 2.13. The first-order valence-electron chi connectivity index (χ1n) is 3.97. The monoisotopic (exact) mass is 167 g/mol. The number of hydrogen-bond acceptors (Lipinski definition) is 3. The van der Waals surface area contributed by atoms with Crippen molar-refractivity contribution in [2.75, 3.05) is 13.1 Å². The standard InChI is InChI=1S/C8H10FN3/c9-7-4-12(5-7)6-8-2-1-3-10-11-8/h1-3,7H,4-6H2. The van der Waals surface area contributed by atoms with E-state index in [1.165, 1.54) is 0 Å². The van der Waals surface area contributed by atoms with E-state index in [-0.39, 0.29) is 0 Å². The fourth-order valence-corrected chi connectivity index (χ4v) is 1.28. The van der Waals surface area contributed by atoms with Crippen molar-refractivity contribution in [1.82, 2.24) is 15.1 Å². The van der Waals surface area contributed by atoms with E-state index in [2.05, 4.69) is 10.2 Å². The zero-order valence-corrected chi connectivity index (χ0v) is 6.65. The van der Waals surface area contributed by atoms with E-state index in [4.69, 9.17) is 0 Å². The van der Waals surface area contributed by atoms with Crippen molar-refractivity contribution in [3.8, 4) is 0 Å². The molecular formula is C8H10FN3. The molecule has 1 aliphatic heterocycles. The molecule has 0 aliphatic carbocycles. The molecule has 3 nitrogen and oxygen atoms in total. The average Bonchev–Trinajstić information content (AvgIpc) is 2.04. The van der Waals surface area contributed by atoms with E-state index in [0.717, 1.165) is 5.69 Å². The number of rotatable bonds is 2. The smallest absolute Gasteiger partial charge is 0.125 e. The Hall–Kier alpha value is -1.03. The average molecular weight is 167 g/mol. The third-order valence-corrected chi connectivity index (χ3v) is 1.93. The van der Waals surface area contributed by atoms with Crippen molar-refractivity contribution >= 4 is 0 Å². The summed E-state index contributed by atoms with van der Waals surface area (Å²) in [7, 11) is 0. The molecule has 2 heterocycles. The SMILES string of the molecule is FC1CN(Cc2cccnn2)C1. The summed E-state index contributed by atoms with van der Waals surface area (Å²) >= 11 is 0. The van der Waals surface area contributed by atoms with E-state index in [1.54, 1.807) is 6.20 Å². The largest absolute Gasteiger partial charge is 0.292 e. The van der Waals surface area contributed by atoms with Gasteiger partial charge < -0.3 is 0 Å². The molecule has 0 unspecified atom stereocenters. The predicted molar refractivity (Wildman–Crippen MR) is 42.2 cm³/mol. The molecule has 0 bridgehead atoms. The van der Waals surface area contributed by atoms with Crippen LogP contribution in [0.1, 0.15) is 5.69 Å². The molecule has 1 aromatic rings. The zero-order chi connectivity index (χ0) is 8.39. The Kier molecular flexibility index (Phi) is 1.99. The van der Waals surface area contributed by atoms with E-state index >= 15 is 0 Å². The molecule has 1 saturated heterocycles. The van der Waals surface area contributed by atoms with E-state index in [9.17, 15) is 4.39 Å². The van der Waals surface area contributed by atoms with Gasteiger partial charge >= 0.3 is 0 Å². The van der Waals surface area contributed by atoms with Crippen molar-refractivity contribution in [2.45, 2.75) is 12.7 Å². The molecule has 1 aliphatic rings. The lowest BCUT2D eigenvalue weighted by molar-refractivity contribution is 0.0578. The van der Waals surface area contributed by atoms with Crippen LogP contribution in [0, 0.1) is 0 Å². The summed E-state index contributed by atoms with van der Waals surface area (Å²) < 4.78 is 12.4. The Labute approximate surface area is 70.2 Å². The van der Waals surface area contributed by atoms with Gasteiger partial charge in [-0.3, -0.25) is 4.90 Å². The first-order valence-corrected chi connectivity index (χ1v) is 3.97. The fraction of sp³-hybridized carbons (Fsp3) is 0.500. The number of halogens is 1. The molecule has 1 fully saturated rings. The first kappa shape index (κ1) is 7.61. The Balaban J connectivity index is 1.88. The maximum Gasteiger partial charge on any atom is 0.125 e. The third-order valence-electron chi connectivity index (χ3n) is 1.93. The lowest BCUT2D eigenvalue weighted by atomic mass is 10.2. The molecule has 0 aromatic carbocycles. The van der Waals surface area contributed by atoms with E-state index in [1.807, 2.05) is 17.0 Å². The minimum atomic E-state index is -0.637. The van der Waals surface area contributed by atoms with Crippen LogP contribution in [0.3, 0.4) is 0 Å². The van der Waals surface area contributed by atoms with E-state index in [0.29, 0.717) is 19.6 Å². The van der Waals surface area contributed by atoms with Gasteiger partial charge in [-0.05, 0) is 12.1 Å². The molecule has 2 rings (SSSR count). The number of likely N-dealkylation sites (tertiary alicyclic amines) is 1. The van der Waals surface area contributed by atoms with Crippen LogP contribution in [-0.4, -0.2) is 34.4 Å². The third kappa shape index (κ3) is 1.58. The molecule has 0 atom stereocenters. The fourth-order valence-electron chi connectivity index (χ4n) is 1.28. The summed E-state index contributed by atoms with van der Waals surface area (Å²) in [4.78, 5) is 2.01. The van der Waals surface area contributed by atoms with Crippen LogP contribution in [0.4, 0.5) is 4.39 Å². The summed E-state index contributed by atoms with van der Waals surface area (Å²) in [6.45, 7) is 1.79. The minimum absolute atomic E-state index is 0.538. The Morgan fingerprint density at radius 3 is 3.00 bits per heavy atom. The molecule has 0 radical (unpaired) electrons. The number of alkyl halides is 1. The lowest BCUT2D eigenvalue weighted by Crippen LogP contribution is -2.47. The van der Waals surface area contributed by atoms with Gasteiger partial charge in [0.2, 0.25) is 0 Å². The molecule has 0 spiro atoms. The topological polar surface area (TPSA) is 29.0 Å². The van der Waals surface area contributed by atoms with Crippen molar-refractivity contribution in [1.29, 1.82) is 0 Å². The van der Waals surface area contributed by atoms with Crippen LogP contribution in [-0.2, 0) is 6.54 Å². The quantitative estimate of drug-likeness (QED) is 0.647. The van der Waals surface area contributed by atoms with Gasteiger partial charge in [0.25, 0.3) is 0 Å². The van der Waals surface area contributed by atoms with Gasteiger partial charge in [0.1, 0.15) is 6.17 Å². The first-order chi connectivity index (χ1) is 5.84. The summed E-state index contributed by atoms with van der Waals surface area (Å²) in [5, 5.41) is 7.66. The van der Waals surface area contributed by atoms with Gasteiger partial charge in [-0.25, -0.2) is 4.39 Å². The van der Waals surface area contributed by atoms with Gasteiger partial charge in [-0.15, -0.1) is 0 Å². The second-order valence-corrected chi connectivity index (χ2v) is 3.01. The highest BCUT2D eigenvalue weighted by Gasteiger charge is 2.25. The van der Waals surface area contributed by atoms with Crippen LogP contribution in [0.25, 0.3) is 0 Å². The molecular weight excluding hydrogens is 157 g/mol. The zero-order valence-electron chi connectivity index (χ0n) is 6.65. The number of aromatic nitrogens is 2. The second kappa shape index (κ2) is 3.15. The maximum absolute atomic E-state index is 12.4. The maximum atomic E-state index is 12.4. The van der Waals surface area contributed by atoms with Crippen molar-refractivity contribution in [3.63, 3.8) is 0 Å². The van der Waals surface area contributed by atoms with Crippen molar-refractivity contribution in [2.24, 2.45) is 0 Å². The predicted octanol–water partition coefficient (Wildman–Crippen LogP) is 0.630. The molecule has 4 heteroatoms. The summed E-state index contributed by atoms with van der Waals surface area (Å²) in [5.41, 5.74) is 0.907. The van der Waals surface area contributed by atoms with Gasteiger partial charge in [-0.2, -0.15) is 10.2 Å². The second-order valence-electron chi connectivity index (χ2n) is 3.01. The Morgan fingerprint density at radius 1 is 1.58 bits per heavy atom. The van der Waals surface area contributed by atoms with Crippen LogP contribution < -0.4 is 0 Å². The lowest BCUT2D eigenvalue weighted by Gasteiger charge is -2.33. The van der Waals surface area contributed by atoms with Crippen LogP contribution >= 0.6 is 0 Å². The molecule has 0 N–H and O–H groups in total. The molecule has 0 amide bonds. The van der Waals surface area contributed by atoms with Crippen LogP contribution in [0.15, 0.2) is 18.3 Å². The normalized spacial score (nSPS) is 19.1. The van der Waals surface area contributed by atoms with Crippen molar-refractivity contribution in [3.05, 3.63) is 24.0 Å². The Bertz CT molecular complexity index is 246. The van der Waals surface area contributed by atoms with Gasteiger partial charge in [0.15, 0.2) is 0 Å². The minimum Gasteiger partial charge on any atom is -0.292 e. The Morgan fingerprint density at radius 2 is 2.42 bits per heavy atom. The molecule has 0 saturated carbocycles. The van der Waals surface area contributed by atoms with Crippen LogP contribution in [0.2, 0.25) is 0 Å². The molecule has 12 heavy (non-hydrogen) atoms. The summed E-state index contributed by atoms with van der Waals surface area (Å²) in [6.07, 6.45) is 0.999. The van der Waals surface area contributed by atoms with Gasteiger partial charge in [-0.1, -0.05) is 0 Å². The summed E-state index contributed by atoms with van der Waals surface area (Å²) in [5.74, 6) is 0. The van der Waals surface area contributed by atoms with E-state index < -0.39 is 6.17 Å².